The highest BCUT2D eigenvalue weighted by Gasteiger charge is 2.21. The first-order chi connectivity index (χ1) is 10.7. The molecule has 0 atom stereocenters. The summed E-state index contributed by atoms with van der Waals surface area (Å²) in [7, 11) is 1.47. The number of hydrogen-bond donors (Lipinski definition) is 0. The minimum atomic E-state index is -0.395. The summed E-state index contributed by atoms with van der Waals surface area (Å²) in [5.41, 5.74) is 0.521. The van der Waals surface area contributed by atoms with Gasteiger partial charge in [-0.2, -0.15) is 4.98 Å². The van der Waals surface area contributed by atoms with Gasteiger partial charge in [0.1, 0.15) is 12.5 Å². The van der Waals surface area contributed by atoms with Gasteiger partial charge < -0.3 is 9.64 Å². The minimum absolute atomic E-state index is 0.240. The van der Waals surface area contributed by atoms with Gasteiger partial charge in [0.05, 0.1) is 18.0 Å². The van der Waals surface area contributed by atoms with Crippen molar-refractivity contribution in [1.29, 1.82) is 0 Å². The Morgan fingerprint density at radius 2 is 1.95 bits per heavy atom. The van der Waals surface area contributed by atoms with Crippen LogP contribution in [-0.2, 0) is 0 Å². The van der Waals surface area contributed by atoms with Crippen LogP contribution < -0.4 is 9.64 Å². The summed E-state index contributed by atoms with van der Waals surface area (Å²) in [6.45, 7) is 3.07. The van der Waals surface area contributed by atoms with Crippen molar-refractivity contribution in [1.82, 2.24) is 14.9 Å². The molecule has 1 fully saturated rings. The Bertz CT molecular complexity index is 659. The molecule has 0 N–H and O–H groups in total. The molecule has 1 saturated heterocycles. The number of methoxy groups -OCH3 is 1. The summed E-state index contributed by atoms with van der Waals surface area (Å²) in [6, 6.07) is 4.72. The van der Waals surface area contributed by atoms with E-state index >= 15 is 0 Å². The van der Waals surface area contributed by atoms with Gasteiger partial charge in [0.2, 0.25) is 11.8 Å². The molecule has 22 heavy (non-hydrogen) atoms. The van der Waals surface area contributed by atoms with E-state index < -0.39 is 5.82 Å². The fourth-order valence-electron chi connectivity index (χ4n) is 2.68. The van der Waals surface area contributed by atoms with Gasteiger partial charge in [-0.3, -0.25) is 4.90 Å². The molecule has 0 spiro atoms. The second-order valence-electron chi connectivity index (χ2n) is 5.18. The van der Waals surface area contributed by atoms with Gasteiger partial charge in [-0.1, -0.05) is 6.07 Å². The van der Waals surface area contributed by atoms with Crippen molar-refractivity contribution in [2.24, 2.45) is 0 Å². The number of piperazine rings is 1. The lowest BCUT2D eigenvalue weighted by Gasteiger charge is -2.34. The molecule has 5 nitrogen and oxygen atoms in total. The maximum absolute atomic E-state index is 13.9. The lowest BCUT2D eigenvalue weighted by atomic mass is 10.2. The number of hydrogen-bond acceptors (Lipinski definition) is 5. The Morgan fingerprint density at radius 1 is 1.18 bits per heavy atom. The van der Waals surface area contributed by atoms with E-state index in [0.717, 1.165) is 13.1 Å². The maximum Gasteiger partial charge on any atom is 0.229 e. The molecule has 2 aromatic rings. The van der Waals surface area contributed by atoms with Crippen LogP contribution in [0.1, 0.15) is 0 Å². The number of nitrogens with zero attached hydrogens (tertiary/aromatic N) is 4. The fourth-order valence-corrected chi connectivity index (χ4v) is 2.68. The van der Waals surface area contributed by atoms with Gasteiger partial charge in [-0.25, -0.2) is 13.8 Å². The van der Waals surface area contributed by atoms with Crippen molar-refractivity contribution in [3.05, 3.63) is 24.0 Å². The van der Waals surface area contributed by atoms with Crippen LogP contribution in [-0.4, -0.2) is 61.4 Å². The predicted molar refractivity (Wildman–Crippen MR) is 80.7 cm³/mol. The fraction of sp³-hybridized carbons (Fsp3) is 0.467. The summed E-state index contributed by atoms with van der Waals surface area (Å²) in [5, 5.41) is 0.296. The van der Waals surface area contributed by atoms with Crippen LogP contribution >= 0.6 is 0 Å². The van der Waals surface area contributed by atoms with E-state index in [1.807, 2.05) is 4.90 Å². The van der Waals surface area contributed by atoms with Gasteiger partial charge in [0.15, 0.2) is 0 Å². The summed E-state index contributed by atoms with van der Waals surface area (Å²) >= 11 is 0. The van der Waals surface area contributed by atoms with Crippen LogP contribution in [0.4, 0.5) is 14.7 Å². The van der Waals surface area contributed by atoms with Gasteiger partial charge in [-0.15, -0.1) is 0 Å². The van der Waals surface area contributed by atoms with E-state index in [9.17, 15) is 8.78 Å². The average molecular weight is 308 g/mol. The van der Waals surface area contributed by atoms with Gasteiger partial charge in [-0.05, 0) is 12.1 Å². The molecule has 0 amide bonds. The zero-order valence-electron chi connectivity index (χ0n) is 12.4. The van der Waals surface area contributed by atoms with Crippen molar-refractivity contribution < 1.29 is 13.5 Å². The molecule has 1 aliphatic heterocycles. The molecule has 1 aromatic carbocycles. The molecule has 2 heterocycles. The molecule has 3 rings (SSSR count). The van der Waals surface area contributed by atoms with Crippen molar-refractivity contribution in [2.45, 2.75) is 0 Å². The Morgan fingerprint density at radius 3 is 2.64 bits per heavy atom. The number of aromatic nitrogens is 2. The van der Waals surface area contributed by atoms with Gasteiger partial charge in [0.25, 0.3) is 0 Å². The van der Waals surface area contributed by atoms with E-state index in [0.29, 0.717) is 36.5 Å². The van der Waals surface area contributed by atoms with Gasteiger partial charge >= 0.3 is 0 Å². The zero-order chi connectivity index (χ0) is 15.5. The third-order valence-corrected chi connectivity index (χ3v) is 3.88. The second-order valence-corrected chi connectivity index (χ2v) is 5.18. The average Bonchev–Trinajstić information content (AvgIpc) is 2.55. The first-order valence-corrected chi connectivity index (χ1v) is 7.26. The number of fused-ring (bicyclic) bond motifs is 1. The number of halogens is 2. The predicted octanol–water partition coefficient (Wildman–Crippen LogP) is 1.87. The number of anilines is 1. The second kappa shape index (κ2) is 6.39. The van der Waals surface area contributed by atoms with E-state index in [1.54, 1.807) is 12.1 Å². The smallest absolute Gasteiger partial charge is 0.229 e. The van der Waals surface area contributed by atoms with Crippen molar-refractivity contribution in [3.8, 4) is 5.88 Å². The lowest BCUT2D eigenvalue weighted by molar-refractivity contribution is 0.234. The number of ether oxygens (including phenoxy) is 1. The highest BCUT2D eigenvalue weighted by atomic mass is 19.1. The number of rotatable bonds is 4. The standard InChI is InChI=1S/C15H18F2N4O/c1-22-14-13-11(17)3-2-4-12(13)18-15(19-14)21-9-7-20(6-5-16)8-10-21/h2-4H,5-10H2,1H3. The molecular weight excluding hydrogens is 290 g/mol. The molecular formula is C15H18F2N4O. The minimum Gasteiger partial charge on any atom is -0.480 e. The first kappa shape index (κ1) is 14.9. The summed E-state index contributed by atoms with van der Waals surface area (Å²) < 4.78 is 31.5. The van der Waals surface area contributed by atoms with Gasteiger partial charge in [0, 0.05) is 32.7 Å². The van der Waals surface area contributed by atoms with Crippen LogP contribution in [0.2, 0.25) is 0 Å². The quantitative estimate of drug-likeness (QED) is 0.862. The van der Waals surface area contributed by atoms with E-state index in [1.165, 1.54) is 13.2 Å². The van der Waals surface area contributed by atoms with Crippen LogP contribution in [0.15, 0.2) is 18.2 Å². The topological polar surface area (TPSA) is 41.5 Å². The summed E-state index contributed by atoms with van der Waals surface area (Å²) in [6.07, 6.45) is 0. The molecule has 1 aromatic heterocycles. The first-order valence-electron chi connectivity index (χ1n) is 7.26. The summed E-state index contributed by atoms with van der Waals surface area (Å²) in [5.74, 6) is 0.368. The largest absolute Gasteiger partial charge is 0.480 e. The molecule has 0 saturated carbocycles. The monoisotopic (exact) mass is 308 g/mol. The van der Waals surface area contributed by atoms with E-state index in [2.05, 4.69) is 14.9 Å². The molecule has 0 unspecified atom stereocenters. The zero-order valence-corrected chi connectivity index (χ0v) is 12.4. The third kappa shape index (κ3) is 2.81. The highest BCUT2D eigenvalue weighted by Crippen LogP contribution is 2.27. The molecule has 0 bridgehead atoms. The van der Waals surface area contributed by atoms with Crippen molar-refractivity contribution >= 4 is 16.9 Å². The Kier molecular flexibility index (Phi) is 4.33. The highest BCUT2D eigenvalue weighted by molar-refractivity contribution is 5.85. The van der Waals surface area contributed by atoms with E-state index in [-0.39, 0.29) is 12.6 Å². The van der Waals surface area contributed by atoms with Crippen LogP contribution in [0.25, 0.3) is 10.9 Å². The molecule has 118 valence electrons. The lowest BCUT2D eigenvalue weighted by Crippen LogP contribution is -2.47. The van der Waals surface area contributed by atoms with Crippen LogP contribution in [0.3, 0.4) is 0 Å². The normalized spacial score (nSPS) is 16.2. The molecule has 0 radical (unpaired) electrons. The number of benzene rings is 1. The van der Waals surface area contributed by atoms with Crippen LogP contribution in [0.5, 0.6) is 5.88 Å². The summed E-state index contributed by atoms with van der Waals surface area (Å²) in [4.78, 5) is 12.9. The number of alkyl halides is 1. The molecule has 7 heteroatoms. The van der Waals surface area contributed by atoms with E-state index in [4.69, 9.17) is 4.74 Å². The SMILES string of the molecule is COc1nc(N2CCN(CCF)CC2)nc2cccc(F)c12. The van der Waals surface area contributed by atoms with Crippen molar-refractivity contribution in [3.63, 3.8) is 0 Å². The van der Waals surface area contributed by atoms with Crippen molar-refractivity contribution in [2.75, 3.05) is 51.4 Å². The Labute approximate surface area is 127 Å². The Balaban J connectivity index is 1.89. The molecule has 1 aliphatic rings. The third-order valence-electron chi connectivity index (χ3n) is 3.88. The Hall–Kier alpha value is -2.02. The van der Waals surface area contributed by atoms with Crippen LogP contribution in [0, 0.1) is 5.82 Å². The maximum atomic E-state index is 13.9. The molecule has 0 aliphatic carbocycles.